The van der Waals surface area contributed by atoms with Crippen molar-refractivity contribution in [1.29, 1.82) is 0 Å². The van der Waals surface area contributed by atoms with Gasteiger partial charge in [0.05, 0.1) is 0 Å². The molecule has 0 heterocycles. The van der Waals surface area contributed by atoms with Crippen LogP contribution in [0.4, 0.5) is 0 Å². The smallest absolute Gasteiger partial charge is 0.0472 e. The summed E-state index contributed by atoms with van der Waals surface area (Å²) >= 11 is 6.64. The first kappa shape index (κ1) is 12.5. The van der Waals surface area contributed by atoms with Gasteiger partial charge in [-0.2, -0.15) is 0 Å². The van der Waals surface area contributed by atoms with Crippen LogP contribution in [0.3, 0.4) is 0 Å². The minimum Gasteiger partial charge on any atom is -0.0837 e. The highest BCUT2D eigenvalue weighted by molar-refractivity contribution is 6.32. The minimum atomic E-state index is 0.558. The van der Waals surface area contributed by atoms with E-state index in [1.165, 1.54) is 49.7 Å². The Morgan fingerprint density at radius 3 is 2.94 bits per heavy atom. The highest BCUT2D eigenvalue weighted by Gasteiger charge is 2.43. The van der Waals surface area contributed by atoms with Crippen LogP contribution >= 0.6 is 11.6 Å². The molecule has 1 fully saturated rings. The van der Waals surface area contributed by atoms with Crippen molar-refractivity contribution < 1.29 is 0 Å². The SMILES string of the molecule is CCCc1ccc2c(c1Cl)CC[C@@]1(C)CCC[C@H]21. The fourth-order valence-electron chi connectivity index (χ4n) is 4.20. The zero-order valence-corrected chi connectivity index (χ0v) is 12.3. The molecule has 98 valence electrons. The van der Waals surface area contributed by atoms with Gasteiger partial charge in [-0.25, -0.2) is 0 Å². The molecule has 0 N–H and O–H groups in total. The fraction of sp³-hybridized carbons (Fsp3) is 0.647. The lowest BCUT2D eigenvalue weighted by Crippen LogP contribution is -2.26. The number of hydrogen-bond donors (Lipinski definition) is 0. The van der Waals surface area contributed by atoms with Gasteiger partial charge in [-0.15, -0.1) is 0 Å². The second-order valence-corrected chi connectivity index (χ2v) is 6.83. The van der Waals surface area contributed by atoms with E-state index in [0.29, 0.717) is 5.41 Å². The van der Waals surface area contributed by atoms with Crippen molar-refractivity contribution in [2.45, 2.75) is 64.7 Å². The number of halogens is 1. The fourth-order valence-corrected chi connectivity index (χ4v) is 4.56. The van der Waals surface area contributed by atoms with Crippen LogP contribution in [-0.2, 0) is 12.8 Å². The average molecular weight is 263 g/mol. The molecule has 0 saturated heterocycles. The standard InChI is InChI=1S/C17H23Cl/c1-3-5-12-7-8-13-14(16(12)18)9-11-17(2)10-4-6-15(13)17/h7-8,15H,3-6,9-11H2,1-2H3/t15-,17-/m1/s1. The van der Waals surface area contributed by atoms with E-state index in [-0.39, 0.29) is 0 Å². The number of fused-ring (bicyclic) bond motifs is 3. The maximum absolute atomic E-state index is 6.64. The Morgan fingerprint density at radius 1 is 1.33 bits per heavy atom. The molecule has 2 aliphatic carbocycles. The molecular formula is C17H23Cl. The van der Waals surface area contributed by atoms with Crippen molar-refractivity contribution in [1.82, 2.24) is 0 Å². The summed E-state index contributed by atoms with van der Waals surface area (Å²) in [6, 6.07) is 4.67. The average Bonchev–Trinajstić information content (AvgIpc) is 2.75. The van der Waals surface area contributed by atoms with Gasteiger partial charge in [0.1, 0.15) is 0 Å². The molecule has 1 aromatic rings. The predicted molar refractivity (Wildman–Crippen MR) is 78.5 cm³/mol. The van der Waals surface area contributed by atoms with E-state index >= 15 is 0 Å². The van der Waals surface area contributed by atoms with Crippen molar-refractivity contribution in [2.24, 2.45) is 5.41 Å². The van der Waals surface area contributed by atoms with Crippen LogP contribution in [0.1, 0.15) is 68.6 Å². The highest BCUT2D eigenvalue weighted by atomic mass is 35.5. The van der Waals surface area contributed by atoms with Crippen LogP contribution in [-0.4, -0.2) is 0 Å². The summed E-state index contributed by atoms with van der Waals surface area (Å²) in [6.07, 6.45) is 9.00. The summed E-state index contributed by atoms with van der Waals surface area (Å²) in [5, 5.41) is 1.09. The topological polar surface area (TPSA) is 0 Å². The van der Waals surface area contributed by atoms with Crippen LogP contribution in [0.2, 0.25) is 5.02 Å². The van der Waals surface area contributed by atoms with Gasteiger partial charge >= 0.3 is 0 Å². The van der Waals surface area contributed by atoms with E-state index in [1.54, 1.807) is 5.56 Å². The largest absolute Gasteiger partial charge is 0.0837 e. The number of hydrogen-bond acceptors (Lipinski definition) is 0. The van der Waals surface area contributed by atoms with Gasteiger partial charge in [0, 0.05) is 5.02 Å². The molecule has 0 amide bonds. The van der Waals surface area contributed by atoms with Gasteiger partial charge < -0.3 is 0 Å². The monoisotopic (exact) mass is 262 g/mol. The first-order valence-electron chi connectivity index (χ1n) is 7.46. The molecule has 1 saturated carbocycles. The molecule has 2 atom stereocenters. The van der Waals surface area contributed by atoms with Crippen molar-refractivity contribution >= 4 is 11.6 Å². The molecule has 1 aromatic carbocycles. The zero-order valence-electron chi connectivity index (χ0n) is 11.6. The van der Waals surface area contributed by atoms with E-state index < -0.39 is 0 Å². The number of rotatable bonds is 2. The van der Waals surface area contributed by atoms with Crippen LogP contribution in [0, 0.1) is 5.41 Å². The van der Waals surface area contributed by atoms with Crippen molar-refractivity contribution in [3.05, 3.63) is 33.8 Å². The number of aryl methyl sites for hydroxylation is 1. The summed E-state index contributed by atoms with van der Waals surface area (Å²) in [6.45, 7) is 4.71. The van der Waals surface area contributed by atoms with Crippen molar-refractivity contribution in [2.75, 3.05) is 0 Å². The molecule has 0 aliphatic heterocycles. The Morgan fingerprint density at radius 2 is 2.17 bits per heavy atom. The minimum absolute atomic E-state index is 0.558. The van der Waals surface area contributed by atoms with E-state index in [2.05, 4.69) is 26.0 Å². The van der Waals surface area contributed by atoms with Gasteiger partial charge in [0.25, 0.3) is 0 Å². The number of benzene rings is 1. The third-order valence-electron chi connectivity index (χ3n) is 5.28. The molecule has 0 aromatic heterocycles. The first-order chi connectivity index (χ1) is 8.65. The van der Waals surface area contributed by atoms with E-state index in [4.69, 9.17) is 11.6 Å². The normalized spacial score (nSPS) is 30.1. The second kappa shape index (κ2) is 4.56. The van der Waals surface area contributed by atoms with Crippen LogP contribution in [0.15, 0.2) is 12.1 Å². The third-order valence-corrected chi connectivity index (χ3v) is 5.75. The molecular weight excluding hydrogens is 240 g/mol. The maximum atomic E-state index is 6.64. The Labute approximate surface area is 116 Å². The summed E-state index contributed by atoms with van der Waals surface area (Å²) in [5.74, 6) is 0.773. The molecule has 0 bridgehead atoms. The summed E-state index contributed by atoms with van der Waals surface area (Å²) < 4.78 is 0. The Kier molecular flexibility index (Phi) is 3.18. The van der Waals surface area contributed by atoms with Gasteiger partial charge in [0.2, 0.25) is 0 Å². The van der Waals surface area contributed by atoms with Gasteiger partial charge in [0.15, 0.2) is 0 Å². The van der Waals surface area contributed by atoms with Gasteiger partial charge in [-0.05, 0) is 60.1 Å². The van der Waals surface area contributed by atoms with Crippen molar-refractivity contribution in [3.63, 3.8) is 0 Å². The van der Waals surface area contributed by atoms with Gasteiger partial charge in [-0.1, -0.05) is 50.4 Å². The van der Waals surface area contributed by atoms with E-state index in [9.17, 15) is 0 Å². The summed E-state index contributed by atoms with van der Waals surface area (Å²) in [5.41, 5.74) is 4.97. The summed E-state index contributed by atoms with van der Waals surface area (Å²) in [4.78, 5) is 0. The molecule has 1 heteroatoms. The Hall–Kier alpha value is -0.490. The maximum Gasteiger partial charge on any atom is 0.0472 e. The molecule has 3 rings (SSSR count). The zero-order chi connectivity index (χ0) is 12.8. The van der Waals surface area contributed by atoms with E-state index in [0.717, 1.165) is 17.4 Å². The second-order valence-electron chi connectivity index (χ2n) is 6.46. The Bertz CT molecular complexity index is 463. The first-order valence-corrected chi connectivity index (χ1v) is 7.83. The lowest BCUT2D eigenvalue weighted by Gasteiger charge is -2.38. The molecule has 0 nitrogen and oxygen atoms in total. The highest BCUT2D eigenvalue weighted by Crippen LogP contribution is 2.56. The van der Waals surface area contributed by atoms with Crippen LogP contribution in [0.25, 0.3) is 0 Å². The Balaban J connectivity index is 2.04. The predicted octanol–water partition coefficient (Wildman–Crippen LogP) is 5.51. The van der Waals surface area contributed by atoms with E-state index in [1.807, 2.05) is 0 Å². The van der Waals surface area contributed by atoms with Crippen LogP contribution in [0.5, 0.6) is 0 Å². The third kappa shape index (κ3) is 1.81. The van der Waals surface area contributed by atoms with Gasteiger partial charge in [-0.3, -0.25) is 0 Å². The molecule has 2 aliphatic rings. The molecule has 18 heavy (non-hydrogen) atoms. The molecule has 0 radical (unpaired) electrons. The van der Waals surface area contributed by atoms with Crippen LogP contribution < -0.4 is 0 Å². The summed E-state index contributed by atoms with van der Waals surface area (Å²) in [7, 11) is 0. The lowest BCUT2D eigenvalue weighted by molar-refractivity contribution is 0.252. The lowest BCUT2D eigenvalue weighted by atomic mass is 9.67. The molecule has 0 spiro atoms. The van der Waals surface area contributed by atoms with Crippen molar-refractivity contribution in [3.8, 4) is 0 Å². The quantitative estimate of drug-likeness (QED) is 0.659. The molecule has 0 unspecified atom stereocenters.